The minimum atomic E-state index is -0.432. The molecule has 0 fully saturated rings. The molecule has 1 aliphatic rings. The molecule has 0 spiro atoms. The zero-order valence-electron chi connectivity index (χ0n) is 16.7. The Hall–Kier alpha value is -3.20. The van der Waals surface area contributed by atoms with Crippen LogP contribution in [0.25, 0.3) is 10.2 Å². The number of ether oxygens (including phenoxy) is 1. The first-order valence-electron chi connectivity index (χ1n) is 9.65. The number of hydrogen-bond donors (Lipinski definition) is 2. The van der Waals surface area contributed by atoms with E-state index < -0.39 is 5.91 Å². The third-order valence-corrected chi connectivity index (χ3v) is 6.37. The minimum Gasteiger partial charge on any atom is -0.504 e. The summed E-state index contributed by atoms with van der Waals surface area (Å²) in [5, 5.41) is 14.2. The van der Waals surface area contributed by atoms with E-state index in [1.165, 1.54) is 35.2 Å². The molecule has 2 aromatic heterocycles. The van der Waals surface area contributed by atoms with E-state index >= 15 is 0 Å². The number of thiophene rings is 1. The quantitative estimate of drug-likeness (QED) is 0.482. The summed E-state index contributed by atoms with van der Waals surface area (Å²) in [6, 6.07) is 4.70. The van der Waals surface area contributed by atoms with Gasteiger partial charge in [0.25, 0.3) is 11.5 Å². The van der Waals surface area contributed by atoms with E-state index in [-0.39, 0.29) is 17.9 Å². The summed E-state index contributed by atoms with van der Waals surface area (Å²) in [5.41, 5.74) is 3.97. The molecule has 0 saturated carbocycles. The van der Waals surface area contributed by atoms with Gasteiger partial charge in [0.15, 0.2) is 11.5 Å². The largest absolute Gasteiger partial charge is 0.504 e. The molecule has 3 aromatic rings. The van der Waals surface area contributed by atoms with Crippen LogP contribution in [0.3, 0.4) is 0 Å². The van der Waals surface area contributed by atoms with Gasteiger partial charge in [-0.1, -0.05) is 6.92 Å². The maximum absolute atomic E-state index is 12.9. The molecule has 4 rings (SSSR count). The third-order valence-electron chi connectivity index (χ3n) is 5.20. The predicted octanol–water partition coefficient (Wildman–Crippen LogP) is 2.45. The average Bonchev–Trinajstić information content (AvgIpc) is 3.09. The Kier molecular flexibility index (Phi) is 5.54. The highest BCUT2D eigenvalue weighted by Crippen LogP contribution is 2.35. The summed E-state index contributed by atoms with van der Waals surface area (Å²) in [5.74, 6) is 0.513. The van der Waals surface area contributed by atoms with E-state index in [4.69, 9.17) is 4.74 Å². The van der Waals surface area contributed by atoms with Gasteiger partial charge in [-0.25, -0.2) is 10.4 Å². The summed E-state index contributed by atoms with van der Waals surface area (Å²) < 4.78 is 6.36. The summed E-state index contributed by atoms with van der Waals surface area (Å²) in [6.45, 7) is 2.05. The van der Waals surface area contributed by atoms with Gasteiger partial charge in [0.2, 0.25) is 0 Å². The van der Waals surface area contributed by atoms with Crippen LogP contribution in [0, 0.1) is 5.92 Å². The van der Waals surface area contributed by atoms with Crippen LogP contribution in [0.5, 0.6) is 11.5 Å². The lowest BCUT2D eigenvalue weighted by Gasteiger charge is -2.17. The van der Waals surface area contributed by atoms with Gasteiger partial charge in [0.1, 0.15) is 11.4 Å². The topological polar surface area (TPSA) is 106 Å². The van der Waals surface area contributed by atoms with Crippen LogP contribution in [0.15, 0.2) is 34.4 Å². The van der Waals surface area contributed by atoms with E-state index in [0.717, 1.165) is 29.7 Å². The van der Waals surface area contributed by atoms with Crippen molar-refractivity contribution in [3.05, 3.63) is 50.9 Å². The van der Waals surface area contributed by atoms with Crippen LogP contribution < -0.4 is 15.7 Å². The minimum absolute atomic E-state index is 0.0195. The van der Waals surface area contributed by atoms with Gasteiger partial charge in [0, 0.05) is 4.88 Å². The highest BCUT2D eigenvalue weighted by atomic mass is 32.1. The van der Waals surface area contributed by atoms with Gasteiger partial charge in [0.05, 0.1) is 25.0 Å². The number of carbonyl (C=O) groups excluding carboxylic acids is 1. The van der Waals surface area contributed by atoms with Gasteiger partial charge in [-0.2, -0.15) is 5.10 Å². The number of hydrogen-bond acceptors (Lipinski definition) is 7. The van der Waals surface area contributed by atoms with Gasteiger partial charge < -0.3 is 9.84 Å². The standard InChI is InChI=1S/C21H22N4O4S/c1-12-3-5-14-17(7-12)30-20-19(14)21(28)25(11-22-20)10-18(27)24-23-9-13-4-6-15(26)16(8-13)29-2/h4,6,8-9,11-12,26H,3,5,7,10H2,1-2H3,(H,24,27). The van der Waals surface area contributed by atoms with Crippen molar-refractivity contribution in [3.63, 3.8) is 0 Å². The summed E-state index contributed by atoms with van der Waals surface area (Å²) in [7, 11) is 1.45. The zero-order valence-corrected chi connectivity index (χ0v) is 17.5. The fraction of sp³-hybridized carbons (Fsp3) is 0.333. The van der Waals surface area contributed by atoms with E-state index in [2.05, 4.69) is 22.4 Å². The fourth-order valence-electron chi connectivity index (χ4n) is 3.62. The molecule has 1 unspecified atom stereocenters. The Labute approximate surface area is 176 Å². The molecule has 9 heteroatoms. The summed E-state index contributed by atoms with van der Waals surface area (Å²) in [6.07, 6.45) is 5.77. The van der Waals surface area contributed by atoms with Crippen molar-refractivity contribution < 1.29 is 14.6 Å². The van der Waals surface area contributed by atoms with Crippen LogP contribution in [-0.4, -0.2) is 33.9 Å². The number of nitrogens with one attached hydrogen (secondary N) is 1. The molecule has 30 heavy (non-hydrogen) atoms. The van der Waals surface area contributed by atoms with Crippen LogP contribution in [0.1, 0.15) is 29.3 Å². The number of aryl methyl sites for hydroxylation is 1. The number of benzene rings is 1. The van der Waals surface area contributed by atoms with Crippen molar-refractivity contribution in [1.29, 1.82) is 0 Å². The molecular weight excluding hydrogens is 404 g/mol. The first-order valence-corrected chi connectivity index (χ1v) is 10.5. The van der Waals surface area contributed by atoms with Crippen molar-refractivity contribution in [2.24, 2.45) is 11.0 Å². The average molecular weight is 426 g/mol. The molecule has 0 bridgehead atoms. The second-order valence-corrected chi connectivity index (χ2v) is 8.52. The molecule has 0 radical (unpaired) electrons. The second kappa shape index (κ2) is 8.27. The number of phenolic OH excluding ortho intramolecular Hbond substituents is 1. The molecule has 1 amide bonds. The van der Waals surface area contributed by atoms with Gasteiger partial charge >= 0.3 is 0 Å². The first kappa shape index (κ1) is 20.1. The number of amides is 1. The Morgan fingerprint density at radius 3 is 3.13 bits per heavy atom. The van der Waals surface area contributed by atoms with Crippen LogP contribution in [0.2, 0.25) is 0 Å². The molecule has 1 atom stereocenters. The van der Waals surface area contributed by atoms with Crippen LogP contribution in [0.4, 0.5) is 0 Å². The lowest BCUT2D eigenvalue weighted by Crippen LogP contribution is -2.30. The summed E-state index contributed by atoms with van der Waals surface area (Å²) >= 11 is 1.58. The summed E-state index contributed by atoms with van der Waals surface area (Å²) in [4.78, 5) is 31.6. The number of fused-ring (bicyclic) bond motifs is 3. The Bertz CT molecular complexity index is 1200. The Morgan fingerprint density at radius 1 is 1.50 bits per heavy atom. The smallest absolute Gasteiger partial charge is 0.262 e. The van der Waals surface area contributed by atoms with Crippen molar-refractivity contribution >= 4 is 33.7 Å². The maximum atomic E-state index is 12.9. The molecule has 8 nitrogen and oxygen atoms in total. The first-order chi connectivity index (χ1) is 14.5. The van der Waals surface area contributed by atoms with E-state index in [9.17, 15) is 14.7 Å². The molecule has 1 aliphatic carbocycles. The number of rotatable bonds is 5. The molecule has 0 saturated heterocycles. The van der Waals surface area contributed by atoms with Gasteiger partial charge in [-0.3, -0.25) is 14.2 Å². The van der Waals surface area contributed by atoms with Crippen molar-refractivity contribution in [3.8, 4) is 11.5 Å². The monoisotopic (exact) mass is 426 g/mol. The van der Waals surface area contributed by atoms with Gasteiger partial charge in [-0.05, 0) is 54.5 Å². The number of phenols is 1. The van der Waals surface area contributed by atoms with Crippen LogP contribution >= 0.6 is 11.3 Å². The maximum Gasteiger partial charge on any atom is 0.262 e. The van der Waals surface area contributed by atoms with Crippen LogP contribution in [-0.2, 0) is 24.2 Å². The highest BCUT2D eigenvalue weighted by Gasteiger charge is 2.23. The zero-order chi connectivity index (χ0) is 21.3. The lowest BCUT2D eigenvalue weighted by atomic mass is 9.89. The fourth-order valence-corrected chi connectivity index (χ4v) is 4.96. The number of carbonyl (C=O) groups is 1. The number of aromatic nitrogens is 2. The molecular formula is C21H22N4O4S. The van der Waals surface area contributed by atoms with E-state index in [1.807, 2.05) is 0 Å². The predicted molar refractivity (Wildman–Crippen MR) is 115 cm³/mol. The van der Waals surface area contributed by atoms with Crippen molar-refractivity contribution in [1.82, 2.24) is 15.0 Å². The second-order valence-electron chi connectivity index (χ2n) is 7.43. The van der Waals surface area contributed by atoms with E-state index in [0.29, 0.717) is 22.6 Å². The van der Waals surface area contributed by atoms with Gasteiger partial charge in [-0.15, -0.1) is 11.3 Å². The Balaban J connectivity index is 1.48. The number of nitrogens with zero attached hydrogens (tertiary/aromatic N) is 3. The molecule has 2 heterocycles. The molecule has 156 valence electrons. The normalized spacial score (nSPS) is 16.0. The van der Waals surface area contributed by atoms with Crippen molar-refractivity contribution in [2.75, 3.05) is 7.11 Å². The number of aromatic hydroxyl groups is 1. The number of hydrazone groups is 1. The highest BCUT2D eigenvalue weighted by molar-refractivity contribution is 7.18. The number of methoxy groups -OCH3 is 1. The SMILES string of the molecule is COc1cc(C=NNC(=O)Cn2cnc3sc4c(c3c2=O)CCC(C)C4)ccc1O. The Morgan fingerprint density at radius 2 is 2.33 bits per heavy atom. The molecule has 1 aromatic carbocycles. The molecule has 0 aliphatic heterocycles. The van der Waals surface area contributed by atoms with E-state index in [1.54, 1.807) is 23.5 Å². The molecule has 2 N–H and O–H groups in total. The third kappa shape index (κ3) is 3.93. The lowest BCUT2D eigenvalue weighted by molar-refractivity contribution is -0.121. The van der Waals surface area contributed by atoms with Crippen molar-refractivity contribution in [2.45, 2.75) is 32.7 Å².